The predicted molar refractivity (Wildman–Crippen MR) is 73.5 cm³/mol. The van der Waals surface area contributed by atoms with Gasteiger partial charge in [0.05, 0.1) is 7.11 Å². The Morgan fingerprint density at radius 2 is 1.53 bits per heavy atom. The maximum atomic E-state index is 12.0. The SMILES string of the molecule is C=C(Oc1ccc(OC)cc1)C(=O)c1ccccc1. The minimum atomic E-state index is -0.226. The lowest BCUT2D eigenvalue weighted by molar-refractivity contribution is 0.0987. The second kappa shape index (κ2) is 5.87. The van der Waals surface area contributed by atoms with E-state index >= 15 is 0 Å². The van der Waals surface area contributed by atoms with Gasteiger partial charge in [0.2, 0.25) is 5.78 Å². The van der Waals surface area contributed by atoms with Gasteiger partial charge in [-0.05, 0) is 24.3 Å². The van der Waals surface area contributed by atoms with Gasteiger partial charge in [0, 0.05) is 5.56 Å². The molecule has 96 valence electrons. The normalized spacial score (nSPS) is 9.74. The Kier molecular flexibility index (Phi) is 3.98. The molecule has 0 radical (unpaired) electrons. The number of ketones is 1. The van der Waals surface area contributed by atoms with Crippen LogP contribution < -0.4 is 9.47 Å². The number of ether oxygens (including phenoxy) is 2. The fourth-order valence-corrected chi connectivity index (χ4v) is 1.58. The molecule has 0 saturated heterocycles. The lowest BCUT2D eigenvalue weighted by atomic mass is 10.1. The molecule has 0 saturated carbocycles. The van der Waals surface area contributed by atoms with Gasteiger partial charge < -0.3 is 9.47 Å². The van der Waals surface area contributed by atoms with Crippen molar-refractivity contribution < 1.29 is 14.3 Å². The number of hydrogen-bond donors (Lipinski definition) is 0. The first-order valence-corrected chi connectivity index (χ1v) is 5.81. The monoisotopic (exact) mass is 254 g/mol. The molecule has 0 amide bonds. The molecule has 3 nitrogen and oxygen atoms in total. The maximum absolute atomic E-state index is 12.0. The van der Waals surface area contributed by atoms with Crippen molar-refractivity contribution in [3.63, 3.8) is 0 Å². The number of carbonyl (C=O) groups is 1. The van der Waals surface area contributed by atoms with Gasteiger partial charge in [0.25, 0.3) is 0 Å². The number of benzene rings is 2. The van der Waals surface area contributed by atoms with Gasteiger partial charge in [-0.3, -0.25) is 4.79 Å². The molecule has 0 aliphatic heterocycles. The van der Waals surface area contributed by atoms with Gasteiger partial charge in [-0.15, -0.1) is 0 Å². The Morgan fingerprint density at radius 1 is 0.947 bits per heavy atom. The van der Waals surface area contributed by atoms with Crippen molar-refractivity contribution >= 4 is 5.78 Å². The van der Waals surface area contributed by atoms with E-state index in [2.05, 4.69) is 6.58 Å². The van der Waals surface area contributed by atoms with Crippen LogP contribution in [0.5, 0.6) is 11.5 Å². The van der Waals surface area contributed by atoms with E-state index in [4.69, 9.17) is 9.47 Å². The maximum Gasteiger partial charge on any atom is 0.227 e. The minimum Gasteiger partial charge on any atom is -0.497 e. The molecular weight excluding hydrogens is 240 g/mol. The van der Waals surface area contributed by atoms with Crippen LogP contribution in [-0.2, 0) is 0 Å². The largest absolute Gasteiger partial charge is 0.497 e. The topological polar surface area (TPSA) is 35.5 Å². The summed E-state index contributed by atoms with van der Waals surface area (Å²) in [6.07, 6.45) is 0. The van der Waals surface area contributed by atoms with E-state index in [0.717, 1.165) is 5.75 Å². The average molecular weight is 254 g/mol. The first-order valence-electron chi connectivity index (χ1n) is 5.81. The van der Waals surface area contributed by atoms with Gasteiger partial charge in [-0.25, -0.2) is 0 Å². The summed E-state index contributed by atoms with van der Waals surface area (Å²) in [6, 6.07) is 15.9. The summed E-state index contributed by atoms with van der Waals surface area (Å²) < 4.78 is 10.5. The molecule has 0 fully saturated rings. The van der Waals surface area contributed by atoms with Gasteiger partial charge in [0.15, 0.2) is 5.76 Å². The number of Topliss-reactive ketones (excluding diaryl/α,β-unsaturated/α-hetero) is 1. The molecule has 2 aromatic rings. The second-order valence-corrected chi connectivity index (χ2v) is 3.90. The van der Waals surface area contributed by atoms with Gasteiger partial charge in [-0.2, -0.15) is 0 Å². The summed E-state index contributed by atoms with van der Waals surface area (Å²) in [5.41, 5.74) is 0.556. The van der Waals surface area contributed by atoms with Crippen molar-refractivity contribution in [1.82, 2.24) is 0 Å². The quantitative estimate of drug-likeness (QED) is 0.465. The lowest BCUT2D eigenvalue weighted by Crippen LogP contribution is -2.08. The van der Waals surface area contributed by atoms with Crippen LogP contribution in [0.15, 0.2) is 66.9 Å². The Labute approximate surface area is 112 Å². The zero-order valence-electron chi connectivity index (χ0n) is 10.6. The van der Waals surface area contributed by atoms with Crippen LogP contribution in [0.25, 0.3) is 0 Å². The van der Waals surface area contributed by atoms with E-state index in [9.17, 15) is 4.79 Å². The van der Waals surface area contributed by atoms with E-state index < -0.39 is 0 Å². The van der Waals surface area contributed by atoms with Crippen molar-refractivity contribution in [2.75, 3.05) is 7.11 Å². The highest BCUT2D eigenvalue weighted by Crippen LogP contribution is 2.19. The molecule has 2 rings (SSSR count). The summed E-state index contributed by atoms with van der Waals surface area (Å²) >= 11 is 0. The van der Waals surface area contributed by atoms with Crippen LogP contribution in [0.2, 0.25) is 0 Å². The van der Waals surface area contributed by atoms with Crippen molar-refractivity contribution in [1.29, 1.82) is 0 Å². The Hall–Kier alpha value is -2.55. The summed E-state index contributed by atoms with van der Waals surface area (Å²) in [4.78, 5) is 12.0. The van der Waals surface area contributed by atoms with Crippen molar-refractivity contribution in [3.05, 3.63) is 72.5 Å². The van der Waals surface area contributed by atoms with E-state index in [1.54, 1.807) is 55.6 Å². The highest BCUT2D eigenvalue weighted by Gasteiger charge is 2.11. The summed E-state index contributed by atoms with van der Waals surface area (Å²) in [5, 5.41) is 0. The third-order valence-corrected chi connectivity index (χ3v) is 2.59. The van der Waals surface area contributed by atoms with E-state index in [1.165, 1.54) is 0 Å². The number of hydrogen-bond acceptors (Lipinski definition) is 3. The number of methoxy groups -OCH3 is 1. The number of allylic oxidation sites excluding steroid dienone is 1. The van der Waals surface area contributed by atoms with Crippen molar-refractivity contribution in [2.24, 2.45) is 0 Å². The molecule has 3 heteroatoms. The smallest absolute Gasteiger partial charge is 0.227 e. The standard InChI is InChI=1S/C16H14O3/c1-12(16(17)13-6-4-3-5-7-13)19-15-10-8-14(18-2)9-11-15/h3-11H,1H2,2H3. The molecular formula is C16H14O3. The van der Waals surface area contributed by atoms with Crippen molar-refractivity contribution in [3.8, 4) is 11.5 Å². The average Bonchev–Trinajstić information content (AvgIpc) is 2.48. The third-order valence-electron chi connectivity index (χ3n) is 2.59. The molecule has 0 aliphatic carbocycles. The zero-order valence-corrected chi connectivity index (χ0v) is 10.6. The van der Waals surface area contributed by atoms with Gasteiger partial charge in [-0.1, -0.05) is 36.9 Å². The first-order chi connectivity index (χ1) is 9.20. The molecule has 0 aromatic heterocycles. The fourth-order valence-electron chi connectivity index (χ4n) is 1.58. The Bertz CT molecular complexity index is 571. The molecule has 0 unspecified atom stereocenters. The van der Waals surface area contributed by atoms with Crippen LogP contribution in [0.3, 0.4) is 0 Å². The molecule has 0 atom stereocenters. The zero-order chi connectivity index (χ0) is 13.7. The molecule has 0 bridgehead atoms. The summed E-state index contributed by atoms with van der Waals surface area (Å²) in [5.74, 6) is 1.15. The van der Waals surface area contributed by atoms with Gasteiger partial charge >= 0.3 is 0 Å². The molecule has 0 aliphatic rings. The summed E-state index contributed by atoms with van der Waals surface area (Å²) in [7, 11) is 1.59. The highest BCUT2D eigenvalue weighted by atomic mass is 16.5. The van der Waals surface area contributed by atoms with E-state index in [-0.39, 0.29) is 11.5 Å². The molecule has 0 heterocycles. The first kappa shape index (κ1) is 12.9. The Morgan fingerprint density at radius 3 is 2.11 bits per heavy atom. The van der Waals surface area contributed by atoms with Crippen molar-refractivity contribution in [2.45, 2.75) is 0 Å². The molecule has 0 spiro atoms. The fraction of sp³-hybridized carbons (Fsp3) is 0.0625. The summed E-state index contributed by atoms with van der Waals surface area (Å²) in [6.45, 7) is 3.67. The Balaban J connectivity index is 2.06. The number of rotatable bonds is 5. The molecule has 0 N–H and O–H groups in total. The van der Waals surface area contributed by atoms with Crippen LogP contribution in [-0.4, -0.2) is 12.9 Å². The van der Waals surface area contributed by atoms with E-state index in [1.807, 2.05) is 6.07 Å². The molecule has 19 heavy (non-hydrogen) atoms. The second-order valence-electron chi connectivity index (χ2n) is 3.90. The lowest BCUT2D eigenvalue weighted by Gasteiger charge is -2.08. The third kappa shape index (κ3) is 3.22. The predicted octanol–water partition coefficient (Wildman–Crippen LogP) is 3.47. The van der Waals surface area contributed by atoms with Crippen LogP contribution in [0, 0.1) is 0 Å². The highest BCUT2D eigenvalue weighted by molar-refractivity contribution is 6.07. The van der Waals surface area contributed by atoms with E-state index in [0.29, 0.717) is 11.3 Å². The van der Waals surface area contributed by atoms with Crippen LogP contribution >= 0.6 is 0 Å². The molecule has 2 aromatic carbocycles. The van der Waals surface area contributed by atoms with Crippen LogP contribution in [0.4, 0.5) is 0 Å². The van der Waals surface area contributed by atoms with Crippen LogP contribution in [0.1, 0.15) is 10.4 Å². The number of carbonyl (C=O) groups excluding carboxylic acids is 1. The minimum absolute atomic E-state index is 0.0939. The van der Waals surface area contributed by atoms with Gasteiger partial charge in [0.1, 0.15) is 11.5 Å².